The zero-order chi connectivity index (χ0) is 18.3. The quantitative estimate of drug-likeness (QED) is 0.461. The Morgan fingerprint density at radius 2 is 2.17 bits per heavy atom. The van der Waals surface area contributed by atoms with Gasteiger partial charge in [-0.15, -0.1) is 0 Å². The molecule has 0 aliphatic heterocycles. The molecule has 136 valence electrons. The average Bonchev–Trinajstić information content (AvgIpc) is 2.48. The number of nitrogens with zero attached hydrogens (tertiary/aromatic N) is 1. The number of carbonyl (C=O) groups excluding carboxylic acids is 1. The molecule has 11 heteroatoms. The number of carbonyl (C=O) groups is 1. The van der Waals surface area contributed by atoms with Crippen LogP contribution in [0.1, 0.15) is 18.9 Å². The summed E-state index contributed by atoms with van der Waals surface area (Å²) in [5, 5.41) is 17.1. The third-order valence-electron chi connectivity index (χ3n) is 3.04. The van der Waals surface area contributed by atoms with Crippen molar-refractivity contribution in [3.8, 4) is 0 Å². The van der Waals surface area contributed by atoms with Crippen LogP contribution in [0.15, 0.2) is 11.0 Å². The van der Waals surface area contributed by atoms with Gasteiger partial charge in [0.15, 0.2) is 0 Å². The van der Waals surface area contributed by atoms with E-state index in [1.54, 1.807) is 5.10 Å². The number of hydrogen-bond acceptors (Lipinski definition) is 7. The normalized spacial score (nSPS) is 14.1. The van der Waals surface area contributed by atoms with Crippen LogP contribution in [0.2, 0.25) is 0 Å². The summed E-state index contributed by atoms with van der Waals surface area (Å²) in [5.41, 5.74) is -3.42. The Bertz CT molecular complexity index is 603. The number of aliphatic hydroxyl groups is 1. The molecule has 0 saturated carbocycles. The van der Waals surface area contributed by atoms with Crippen LogP contribution in [0.4, 0.5) is 18.9 Å². The molecule has 0 spiro atoms. The summed E-state index contributed by atoms with van der Waals surface area (Å²) in [6.07, 6.45) is -5.23. The van der Waals surface area contributed by atoms with Crippen molar-refractivity contribution in [2.45, 2.75) is 31.7 Å². The van der Waals surface area contributed by atoms with Crippen LogP contribution < -0.4 is 10.9 Å². The number of hydrogen-bond donors (Lipinski definition) is 3. The summed E-state index contributed by atoms with van der Waals surface area (Å²) in [4.78, 5) is 22.3. The highest BCUT2D eigenvalue weighted by Crippen LogP contribution is 2.31. The van der Waals surface area contributed by atoms with Crippen LogP contribution in [0.25, 0.3) is 0 Å². The predicted molar refractivity (Wildman–Crippen MR) is 76.4 cm³/mol. The van der Waals surface area contributed by atoms with E-state index in [4.69, 9.17) is 4.74 Å². The van der Waals surface area contributed by atoms with E-state index in [0.29, 0.717) is 0 Å². The number of aliphatic hydroxyl groups excluding tert-OH is 1. The van der Waals surface area contributed by atoms with E-state index in [2.05, 4.69) is 15.2 Å². The third-order valence-corrected chi connectivity index (χ3v) is 3.04. The van der Waals surface area contributed by atoms with Gasteiger partial charge in [0, 0.05) is 0 Å². The number of rotatable bonds is 8. The Morgan fingerprint density at radius 3 is 2.71 bits per heavy atom. The standard InChI is InChI=1S/C13H18F3N3O5/c1-7(20)9(6-24-4-3-10(21)23-2)18-8-5-17-19-12(22)11(8)13(14,15)16/h5,7,9,20H,3-4,6H2,1-2H3,(H2,18,19,22). The Kier molecular flexibility index (Phi) is 7.17. The average molecular weight is 353 g/mol. The minimum atomic E-state index is -4.89. The minimum Gasteiger partial charge on any atom is -0.469 e. The van der Waals surface area contributed by atoms with E-state index in [1.165, 1.54) is 14.0 Å². The number of aromatic amines is 1. The largest absolute Gasteiger partial charge is 0.469 e. The summed E-state index contributed by atoms with van der Waals surface area (Å²) >= 11 is 0. The molecular weight excluding hydrogens is 335 g/mol. The minimum absolute atomic E-state index is 0.0304. The first-order valence-corrected chi connectivity index (χ1v) is 6.90. The number of anilines is 1. The van der Waals surface area contributed by atoms with Crippen molar-refractivity contribution in [2.75, 3.05) is 25.6 Å². The maximum absolute atomic E-state index is 13.0. The number of nitrogens with one attached hydrogen (secondary N) is 2. The summed E-state index contributed by atoms with van der Waals surface area (Å²) in [6.45, 7) is 1.12. The van der Waals surface area contributed by atoms with Crippen molar-refractivity contribution in [3.05, 3.63) is 22.1 Å². The van der Waals surface area contributed by atoms with Crippen LogP contribution >= 0.6 is 0 Å². The van der Waals surface area contributed by atoms with E-state index in [9.17, 15) is 27.9 Å². The van der Waals surface area contributed by atoms with Crippen molar-refractivity contribution in [3.63, 3.8) is 0 Å². The summed E-state index contributed by atoms with van der Waals surface area (Å²) in [5.74, 6) is -0.505. The molecule has 2 atom stereocenters. The highest BCUT2D eigenvalue weighted by atomic mass is 19.4. The first-order valence-electron chi connectivity index (χ1n) is 6.90. The number of ether oxygens (including phenoxy) is 2. The van der Waals surface area contributed by atoms with Gasteiger partial charge in [-0.05, 0) is 6.92 Å². The maximum Gasteiger partial charge on any atom is 0.423 e. The Labute approximate surface area is 135 Å². The fourth-order valence-corrected chi connectivity index (χ4v) is 1.76. The first kappa shape index (κ1) is 19.9. The molecule has 0 amide bonds. The van der Waals surface area contributed by atoms with E-state index in [-0.39, 0.29) is 19.6 Å². The zero-order valence-electron chi connectivity index (χ0n) is 13.0. The molecular formula is C13H18F3N3O5. The second-order valence-electron chi connectivity index (χ2n) is 4.88. The fourth-order valence-electron chi connectivity index (χ4n) is 1.76. The first-order chi connectivity index (χ1) is 11.2. The molecule has 0 bridgehead atoms. The van der Waals surface area contributed by atoms with Crippen molar-refractivity contribution < 1.29 is 32.5 Å². The van der Waals surface area contributed by atoms with Gasteiger partial charge in [-0.2, -0.15) is 18.3 Å². The van der Waals surface area contributed by atoms with Crippen molar-refractivity contribution in [1.82, 2.24) is 10.2 Å². The van der Waals surface area contributed by atoms with Gasteiger partial charge < -0.3 is 19.9 Å². The summed E-state index contributed by atoms with van der Waals surface area (Å²) < 4.78 is 48.4. The van der Waals surface area contributed by atoms with Gasteiger partial charge in [0.1, 0.15) is 5.56 Å². The highest BCUT2D eigenvalue weighted by molar-refractivity contribution is 5.69. The lowest BCUT2D eigenvalue weighted by Gasteiger charge is -2.23. The molecule has 0 aromatic carbocycles. The number of H-pyrrole nitrogens is 1. The van der Waals surface area contributed by atoms with E-state index in [0.717, 1.165) is 6.20 Å². The molecule has 24 heavy (non-hydrogen) atoms. The Morgan fingerprint density at radius 1 is 1.50 bits per heavy atom. The lowest BCUT2D eigenvalue weighted by atomic mass is 10.1. The highest BCUT2D eigenvalue weighted by Gasteiger charge is 2.38. The number of methoxy groups -OCH3 is 1. The zero-order valence-corrected chi connectivity index (χ0v) is 13.0. The molecule has 3 N–H and O–H groups in total. The summed E-state index contributed by atoms with van der Waals surface area (Å²) in [7, 11) is 1.21. The molecule has 1 rings (SSSR count). The number of halogens is 3. The molecule has 0 fully saturated rings. The number of esters is 1. The van der Waals surface area contributed by atoms with Gasteiger partial charge in [-0.25, -0.2) is 5.10 Å². The molecule has 2 unspecified atom stereocenters. The smallest absolute Gasteiger partial charge is 0.423 e. The van der Waals surface area contributed by atoms with E-state index in [1.807, 2.05) is 0 Å². The molecule has 1 aromatic rings. The van der Waals surface area contributed by atoms with Crippen molar-refractivity contribution >= 4 is 11.7 Å². The second-order valence-corrected chi connectivity index (χ2v) is 4.88. The van der Waals surface area contributed by atoms with Gasteiger partial charge in [0.2, 0.25) is 0 Å². The van der Waals surface area contributed by atoms with Crippen molar-refractivity contribution in [1.29, 1.82) is 0 Å². The van der Waals surface area contributed by atoms with Crippen molar-refractivity contribution in [2.24, 2.45) is 0 Å². The molecule has 1 heterocycles. The lowest BCUT2D eigenvalue weighted by Crippen LogP contribution is -2.38. The van der Waals surface area contributed by atoms with Crippen LogP contribution in [-0.2, 0) is 20.4 Å². The maximum atomic E-state index is 13.0. The number of aromatic nitrogens is 2. The second kappa shape index (κ2) is 8.64. The van der Waals surface area contributed by atoms with Crippen LogP contribution in [0.5, 0.6) is 0 Å². The summed E-state index contributed by atoms with van der Waals surface area (Å²) in [6, 6.07) is -0.952. The van der Waals surface area contributed by atoms with Gasteiger partial charge in [0.05, 0.1) is 50.8 Å². The van der Waals surface area contributed by atoms with Gasteiger partial charge >= 0.3 is 12.1 Å². The van der Waals surface area contributed by atoms with Gasteiger partial charge in [0.25, 0.3) is 5.56 Å². The number of alkyl halides is 3. The van der Waals surface area contributed by atoms with Crippen LogP contribution in [0, 0.1) is 0 Å². The van der Waals surface area contributed by atoms with E-state index >= 15 is 0 Å². The topological polar surface area (TPSA) is 114 Å². The molecule has 0 saturated heterocycles. The van der Waals surface area contributed by atoms with Crippen LogP contribution in [0.3, 0.4) is 0 Å². The molecule has 1 aromatic heterocycles. The Hall–Kier alpha value is -2.14. The van der Waals surface area contributed by atoms with Crippen LogP contribution in [-0.4, -0.2) is 53.7 Å². The SMILES string of the molecule is COC(=O)CCOCC(Nc1cn[nH]c(=O)c1C(F)(F)F)C(C)O. The Balaban J connectivity index is 2.81. The van der Waals surface area contributed by atoms with Gasteiger partial charge in [-0.3, -0.25) is 9.59 Å². The monoisotopic (exact) mass is 353 g/mol. The molecule has 0 aliphatic carbocycles. The fraction of sp³-hybridized carbons (Fsp3) is 0.615. The lowest BCUT2D eigenvalue weighted by molar-refractivity contribution is -0.142. The molecule has 0 radical (unpaired) electrons. The molecule has 0 aliphatic rings. The van der Waals surface area contributed by atoms with Gasteiger partial charge in [-0.1, -0.05) is 0 Å². The predicted octanol–water partition coefficient (Wildman–Crippen LogP) is 0.530. The molecule has 8 nitrogen and oxygen atoms in total. The van der Waals surface area contributed by atoms with E-state index < -0.39 is 41.1 Å². The third kappa shape index (κ3) is 5.81.